The fourth-order valence-corrected chi connectivity index (χ4v) is 1.72. The van der Waals surface area contributed by atoms with E-state index in [-0.39, 0.29) is 11.8 Å². The molecule has 2 rings (SSSR count). The Kier molecular flexibility index (Phi) is 4.12. The molecule has 0 saturated carbocycles. The lowest BCUT2D eigenvalue weighted by Crippen LogP contribution is -2.41. The summed E-state index contributed by atoms with van der Waals surface area (Å²) >= 11 is 0. The average Bonchev–Trinajstić information content (AvgIpc) is 3.19. The first-order valence-electron chi connectivity index (χ1n) is 5.80. The summed E-state index contributed by atoms with van der Waals surface area (Å²) in [7, 11) is -6.07. The van der Waals surface area contributed by atoms with Crippen LogP contribution in [0.4, 0.5) is 20.2 Å². The fraction of sp³-hybridized carbons (Fsp3) is 0.364. The lowest BCUT2D eigenvalue weighted by atomic mass is 10.2. The molecule has 1 fully saturated rings. The van der Waals surface area contributed by atoms with Gasteiger partial charge in [-0.3, -0.25) is 4.79 Å². The van der Waals surface area contributed by atoms with Gasteiger partial charge in [0.25, 0.3) is 0 Å². The van der Waals surface area contributed by atoms with Crippen LogP contribution in [-0.4, -0.2) is 43.4 Å². The number of anilines is 2. The molecule has 0 radical (unpaired) electrons. The predicted molar refractivity (Wildman–Crippen MR) is 67.9 cm³/mol. The van der Waals surface area contributed by atoms with E-state index in [9.17, 15) is 26.5 Å². The van der Waals surface area contributed by atoms with Crippen molar-refractivity contribution in [1.29, 1.82) is 0 Å². The minimum Gasteiger partial charge on any atom is -0.743 e. The lowest BCUT2D eigenvalue weighted by Gasteiger charge is -2.19. The Morgan fingerprint density at radius 2 is 2.05 bits per heavy atom. The lowest BCUT2D eigenvalue weighted by molar-refractivity contribution is -0.130. The van der Waals surface area contributed by atoms with Crippen molar-refractivity contribution in [2.24, 2.45) is 0 Å². The molecule has 1 atom stereocenters. The van der Waals surface area contributed by atoms with Gasteiger partial charge in [-0.1, -0.05) is 6.07 Å². The predicted octanol–water partition coefficient (Wildman–Crippen LogP) is 0.574. The number of amides is 1. The van der Waals surface area contributed by atoms with E-state index in [0.717, 1.165) is 0 Å². The van der Waals surface area contributed by atoms with Gasteiger partial charge in [-0.25, -0.2) is 8.42 Å². The Morgan fingerprint density at radius 1 is 1.43 bits per heavy atom. The Labute approximate surface area is 119 Å². The highest BCUT2D eigenvalue weighted by Crippen LogP contribution is 2.24. The van der Waals surface area contributed by atoms with Gasteiger partial charge in [0.05, 0.1) is 12.7 Å². The van der Waals surface area contributed by atoms with E-state index in [0.29, 0.717) is 18.8 Å². The molecule has 1 amide bonds. The number of rotatable bonds is 6. The maximum atomic E-state index is 13.0. The largest absolute Gasteiger partial charge is 0.743 e. The SMILES string of the molecule is O=C(Nc1cccc(NCC2CO2)c1)C(F)(F)S(=O)(=O)[O-]. The Morgan fingerprint density at radius 3 is 2.62 bits per heavy atom. The van der Waals surface area contributed by atoms with Crippen molar-refractivity contribution in [2.75, 3.05) is 23.8 Å². The van der Waals surface area contributed by atoms with Crippen molar-refractivity contribution in [2.45, 2.75) is 11.4 Å². The maximum absolute atomic E-state index is 13.0. The van der Waals surface area contributed by atoms with Crippen molar-refractivity contribution in [3.63, 3.8) is 0 Å². The average molecular weight is 321 g/mol. The second-order valence-electron chi connectivity index (χ2n) is 4.34. The van der Waals surface area contributed by atoms with Gasteiger partial charge in [-0.2, -0.15) is 8.78 Å². The normalized spacial score (nSPS) is 18.1. The highest BCUT2D eigenvalue weighted by molar-refractivity contribution is 7.87. The molecule has 7 nitrogen and oxygen atoms in total. The van der Waals surface area contributed by atoms with Crippen LogP contribution in [0.15, 0.2) is 24.3 Å². The number of ether oxygens (including phenoxy) is 1. The van der Waals surface area contributed by atoms with E-state index in [4.69, 9.17) is 4.74 Å². The quantitative estimate of drug-likeness (QED) is 0.585. The minimum atomic E-state index is -6.07. The molecule has 1 saturated heterocycles. The van der Waals surface area contributed by atoms with E-state index in [1.807, 2.05) is 0 Å². The number of carbonyl (C=O) groups is 1. The van der Waals surface area contributed by atoms with E-state index >= 15 is 0 Å². The van der Waals surface area contributed by atoms with E-state index in [1.165, 1.54) is 18.2 Å². The molecule has 1 aromatic rings. The smallest absolute Gasteiger partial charge is 0.411 e. The summed E-state index contributed by atoms with van der Waals surface area (Å²) in [5.41, 5.74) is 0.460. The van der Waals surface area contributed by atoms with Crippen molar-refractivity contribution < 1.29 is 31.3 Å². The Hall–Kier alpha value is -1.78. The molecule has 0 aliphatic carbocycles. The van der Waals surface area contributed by atoms with Crippen LogP contribution in [0.1, 0.15) is 0 Å². The van der Waals surface area contributed by atoms with Crippen molar-refractivity contribution in [1.82, 2.24) is 0 Å². The van der Waals surface area contributed by atoms with Gasteiger partial charge in [0.1, 0.15) is 0 Å². The molecular formula is C11H11F2N2O5S-. The van der Waals surface area contributed by atoms with Gasteiger partial charge in [0.15, 0.2) is 10.1 Å². The maximum Gasteiger partial charge on any atom is 0.411 e. The summed E-state index contributed by atoms with van der Waals surface area (Å²) < 4.78 is 62.1. The highest BCUT2D eigenvalue weighted by atomic mass is 32.2. The van der Waals surface area contributed by atoms with Crippen LogP contribution in [0, 0.1) is 0 Å². The molecule has 2 N–H and O–H groups in total. The number of halogens is 2. The highest BCUT2D eigenvalue weighted by Gasteiger charge is 2.46. The van der Waals surface area contributed by atoms with E-state index < -0.39 is 21.3 Å². The van der Waals surface area contributed by atoms with Gasteiger partial charge in [-0.15, -0.1) is 0 Å². The summed E-state index contributed by atoms with van der Waals surface area (Å²) in [4.78, 5) is 11.2. The number of carbonyl (C=O) groups excluding carboxylic acids is 1. The molecular weight excluding hydrogens is 310 g/mol. The summed E-state index contributed by atoms with van der Waals surface area (Å²) in [5.74, 6) is -2.19. The first-order valence-corrected chi connectivity index (χ1v) is 7.21. The van der Waals surface area contributed by atoms with Gasteiger partial charge in [0.2, 0.25) is 0 Å². The number of epoxide rings is 1. The van der Waals surface area contributed by atoms with Gasteiger partial charge >= 0.3 is 11.2 Å². The molecule has 116 valence electrons. The van der Waals surface area contributed by atoms with Crippen molar-refractivity contribution >= 4 is 27.4 Å². The Balaban J connectivity index is 2.04. The Bertz CT molecular complexity index is 646. The van der Waals surface area contributed by atoms with Crippen LogP contribution in [0.5, 0.6) is 0 Å². The molecule has 1 aromatic carbocycles. The van der Waals surface area contributed by atoms with Gasteiger partial charge in [0, 0.05) is 17.9 Å². The molecule has 1 heterocycles. The van der Waals surface area contributed by atoms with Crippen LogP contribution in [0.2, 0.25) is 0 Å². The molecule has 1 unspecified atom stereocenters. The van der Waals surface area contributed by atoms with Crippen LogP contribution in [0.25, 0.3) is 0 Å². The molecule has 21 heavy (non-hydrogen) atoms. The standard InChI is InChI=1S/C11H12F2N2O5S/c12-11(13,21(17,18)19)10(16)15-8-3-1-2-7(4-8)14-5-9-6-20-9/h1-4,9,14H,5-6H2,(H,15,16)(H,17,18,19)/p-1. The van der Waals surface area contributed by atoms with Gasteiger partial charge < -0.3 is 19.9 Å². The van der Waals surface area contributed by atoms with Crippen molar-refractivity contribution in [3.05, 3.63) is 24.3 Å². The molecule has 0 spiro atoms. The van der Waals surface area contributed by atoms with Crippen LogP contribution < -0.4 is 10.6 Å². The van der Waals surface area contributed by atoms with Crippen LogP contribution in [0.3, 0.4) is 0 Å². The molecule has 1 aliphatic heterocycles. The monoisotopic (exact) mass is 321 g/mol. The first-order chi connectivity index (χ1) is 9.70. The summed E-state index contributed by atoms with van der Waals surface area (Å²) in [6, 6.07) is 5.70. The third kappa shape index (κ3) is 3.86. The van der Waals surface area contributed by atoms with Crippen molar-refractivity contribution in [3.8, 4) is 0 Å². The number of benzene rings is 1. The minimum absolute atomic E-state index is 0.0648. The first kappa shape index (κ1) is 15.6. The van der Waals surface area contributed by atoms with E-state index in [2.05, 4.69) is 5.32 Å². The third-order valence-electron chi connectivity index (χ3n) is 2.63. The van der Waals surface area contributed by atoms with E-state index in [1.54, 1.807) is 11.4 Å². The topological polar surface area (TPSA) is 111 Å². The second-order valence-corrected chi connectivity index (χ2v) is 5.76. The zero-order valence-electron chi connectivity index (χ0n) is 10.5. The molecule has 10 heteroatoms. The number of alkyl halides is 2. The number of hydrogen-bond donors (Lipinski definition) is 2. The number of hydrogen-bond acceptors (Lipinski definition) is 6. The summed E-state index contributed by atoms with van der Waals surface area (Å²) in [6.07, 6.45) is 0.0955. The summed E-state index contributed by atoms with van der Waals surface area (Å²) in [6.45, 7) is 1.15. The van der Waals surface area contributed by atoms with Crippen LogP contribution >= 0.6 is 0 Å². The second kappa shape index (κ2) is 5.54. The third-order valence-corrected chi connectivity index (χ3v) is 3.45. The zero-order valence-corrected chi connectivity index (χ0v) is 11.3. The van der Waals surface area contributed by atoms with Gasteiger partial charge in [-0.05, 0) is 18.2 Å². The molecule has 0 aromatic heterocycles. The molecule has 1 aliphatic rings. The zero-order chi connectivity index (χ0) is 15.7. The van der Waals surface area contributed by atoms with Crippen LogP contribution in [-0.2, 0) is 19.6 Å². The number of nitrogens with one attached hydrogen (secondary N) is 2. The fourth-order valence-electron chi connectivity index (χ4n) is 1.44. The molecule has 0 bridgehead atoms. The summed E-state index contributed by atoms with van der Waals surface area (Å²) in [5, 5.41) is -0.391.